The zero-order valence-electron chi connectivity index (χ0n) is 5.85. The second kappa shape index (κ2) is 13.5. The quantitative estimate of drug-likeness (QED) is 0.340. The molecule has 2 unspecified atom stereocenters. The molecule has 9 heteroatoms. The van der Waals surface area contributed by atoms with Crippen LogP contribution in [0.1, 0.15) is 0 Å². The number of hydrogen-bond donors (Lipinski definition) is 3. The van der Waals surface area contributed by atoms with E-state index < -0.39 is 16.5 Å². The fourth-order valence-electron chi connectivity index (χ4n) is 0.0747. The van der Waals surface area contributed by atoms with Gasteiger partial charge in [0.05, 0.1) is 6.26 Å². The van der Waals surface area contributed by atoms with Gasteiger partial charge in [0.2, 0.25) is 0 Å². The Bertz CT molecular complexity index is 125. The van der Waals surface area contributed by atoms with Gasteiger partial charge in [0.1, 0.15) is 0 Å². The summed E-state index contributed by atoms with van der Waals surface area (Å²) in [6.45, 7) is 2.92. The van der Waals surface area contributed by atoms with E-state index in [9.17, 15) is 9.13 Å². The Labute approximate surface area is 87.1 Å². The minimum atomic E-state index is -3.20. The Kier molecular flexibility index (Phi) is 21.8. The fourth-order valence-corrected chi connectivity index (χ4v) is 0.672. The summed E-state index contributed by atoms with van der Waals surface area (Å²) >= 11 is 0. The van der Waals surface area contributed by atoms with Crippen molar-refractivity contribution in [1.29, 1.82) is 0 Å². The number of aliphatic hydroxyl groups excluding tert-OH is 1. The molecule has 2 atom stereocenters. The molecule has 0 aliphatic heterocycles. The van der Waals surface area contributed by atoms with E-state index in [1.165, 1.54) is 0 Å². The molecule has 0 rings (SSSR count). The molecule has 1 radical (unpaired) electrons. The van der Waals surface area contributed by atoms with E-state index in [0.29, 0.717) is 0 Å². The Balaban J connectivity index is -0.000000140. The molecule has 11 heavy (non-hydrogen) atoms. The number of rotatable bonds is 2. The largest absolute Gasteiger partial charge is 0.516 e. The van der Waals surface area contributed by atoms with Crippen LogP contribution in [0.5, 0.6) is 0 Å². The zero-order valence-corrected chi connectivity index (χ0v) is 9.85. The van der Waals surface area contributed by atoms with Crippen molar-refractivity contribution in [1.82, 2.24) is 0 Å². The van der Waals surface area contributed by atoms with E-state index in [1.54, 1.807) is 0 Å². The Morgan fingerprint density at radius 2 is 1.45 bits per heavy atom. The molecule has 0 spiro atoms. The molecular weight excluding hydrogens is 205 g/mol. The van der Waals surface area contributed by atoms with E-state index in [-0.39, 0.29) is 29.6 Å². The number of aliphatic hydroxyl groups is 1. The SMILES string of the molecule is C=CO.O=[PH](O)O[PH](=O)O.[Na]. The maximum atomic E-state index is 9.44. The van der Waals surface area contributed by atoms with Crippen LogP contribution < -0.4 is 0 Å². The van der Waals surface area contributed by atoms with Crippen molar-refractivity contribution in [3.63, 3.8) is 0 Å². The first-order valence-electron chi connectivity index (χ1n) is 1.93. The summed E-state index contributed by atoms with van der Waals surface area (Å²) < 4.78 is 22.3. The summed E-state index contributed by atoms with van der Waals surface area (Å²) in [5.74, 6) is 0. The summed E-state index contributed by atoms with van der Waals surface area (Å²) in [6, 6.07) is 0. The van der Waals surface area contributed by atoms with Crippen LogP contribution in [0, 0.1) is 0 Å². The zero-order chi connectivity index (χ0) is 8.57. The van der Waals surface area contributed by atoms with Gasteiger partial charge in [-0.15, -0.1) is 0 Å². The van der Waals surface area contributed by atoms with E-state index in [0.717, 1.165) is 6.26 Å². The molecule has 0 aliphatic rings. The van der Waals surface area contributed by atoms with Crippen LogP contribution in [0.2, 0.25) is 0 Å². The smallest absolute Gasteiger partial charge is 0.323 e. The van der Waals surface area contributed by atoms with Gasteiger partial charge in [-0.25, -0.2) is 4.31 Å². The van der Waals surface area contributed by atoms with Gasteiger partial charge in [0.25, 0.3) is 0 Å². The van der Waals surface area contributed by atoms with Crippen LogP contribution in [0.25, 0.3) is 0 Å². The molecule has 0 aliphatic carbocycles. The van der Waals surface area contributed by atoms with E-state index in [4.69, 9.17) is 14.9 Å². The van der Waals surface area contributed by atoms with Gasteiger partial charge in [0.15, 0.2) is 0 Å². The van der Waals surface area contributed by atoms with E-state index in [1.807, 2.05) is 0 Å². The molecule has 0 fully saturated rings. The summed E-state index contributed by atoms with van der Waals surface area (Å²) in [6.07, 6.45) is 0.750. The predicted octanol–water partition coefficient (Wildman–Crippen LogP) is 0.0741. The second-order valence-corrected chi connectivity index (χ2v) is 2.70. The van der Waals surface area contributed by atoms with Crippen LogP contribution in [-0.4, -0.2) is 44.5 Å². The van der Waals surface area contributed by atoms with Gasteiger partial charge in [-0.2, -0.15) is 0 Å². The van der Waals surface area contributed by atoms with Crippen molar-refractivity contribution >= 4 is 46.1 Å². The number of hydrogen-bond acceptors (Lipinski definition) is 4. The topological polar surface area (TPSA) is 104 Å². The Morgan fingerprint density at radius 3 is 1.45 bits per heavy atom. The van der Waals surface area contributed by atoms with Gasteiger partial charge in [-0.1, -0.05) is 6.58 Å². The van der Waals surface area contributed by atoms with Gasteiger partial charge in [-0.05, 0) is 0 Å². The van der Waals surface area contributed by atoms with Crippen LogP contribution >= 0.6 is 16.5 Å². The molecular formula is C2H8NaO6P2. The normalized spacial score (nSPS) is 12.9. The van der Waals surface area contributed by atoms with E-state index >= 15 is 0 Å². The third-order valence-electron chi connectivity index (χ3n) is 0.175. The second-order valence-electron chi connectivity index (χ2n) is 0.816. The van der Waals surface area contributed by atoms with Crippen molar-refractivity contribution in [2.75, 3.05) is 0 Å². The first kappa shape index (κ1) is 17.8. The van der Waals surface area contributed by atoms with Crippen LogP contribution in [0.15, 0.2) is 12.8 Å². The van der Waals surface area contributed by atoms with Crippen molar-refractivity contribution in [3.05, 3.63) is 12.8 Å². The van der Waals surface area contributed by atoms with Gasteiger partial charge < -0.3 is 14.9 Å². The molecule has 0 bridgehead atoms. The van der Waals surface area contributed by atoms with Gasteiger partial charge in [0, 0.05) is 29.6 Å². The van der Waals surface area contributed by atoms with Crippen LogP contribution in [0.4, 0.5) is 0 Å². The van der Waals surface area contributed by atoms with Gasteiger partial charge in [-0.3, -0.25) is 9.13 Å². The molecule has 0 aromatic heterocycles. The third kappa shape index (κ3) is 36.0. The summed E-state index contributed by atoms with van der Waals surface area (Å²) in [4.78, 5) is 15.4. The van der Waals surface area contributed by atoms with Crippen molar-refractivity contribution in [2.24, 2.45) is 0 Å². The predicted molar refractivity (Wildman–Crippen MR) is 42.1 cm³/mol. The molecule has 6 nitrogen and oxygen atoms in total. The van der Waals surface area contributed by atoms with E-state index in [2.05, 4.69) is 10.9 Å². The van der Waals surface area contributed by atoms with Crippen LogP contribution in [0.3, 0.4) is 0 Å². The minimum absolute atomic E-state index is 0. The first-order chi connectivity index (χ1) is 4.54. The standard InChI is InChI=1S/C2H4O.Na.H4O5P2/c1-2-3;;1-6(2)5-7(3)4/h2-3H,1H2;;6-7H,(H,1,2)(H,3,4). The van der Waals surface area contributed by atoms with Crippen molar-refractivity contribution < 1.29 is 28.3 Å². The molecule has 0 saturated heterocycles. The fraction of sp³-hybridized carbons (Fsp3) is 0. The minimum Gasteiger partial charge on any atom is -0.516 e. The molecule has 0 heterocycles. The maximum Gasteiger partial charge on any atom is 0.323 e. The molecule has 0 aromatic carbocycles. The first-order valence-corrected chi connectivity index (χ1v) is 4.46. The maximum absolute atomic E-state index is 9.44. The Hall–Kier alpha value is 0.880. The van der Waals surface area contributed by atoms with Crippen molar-refractivity contribution in [3.8, 4) is 0 Å². The Morgan fingerprint density at radius 1 is 1.27 bits per heavy atom. The molecule has 0 amide bonds. The summed E-state index contributed by atoms with van der Waals surface area (Å²) in [5, 5.41) is 7.33. The average Bonchev–Trinajstić information content (AvgIpc) is 1.62. The molecule has 0 aromatic rings. The summed E-state index contributed by atoms with van der Waals surface area (Å²) in [7, 11) is -6.40. The third-order valence-corrected chi connectivity index (χ3v) is 1.57. The van der Waals surface area contributed by atoms with Crippen molar-refractivity contribution in [2.45, 2.75) is 0 Å². The summed E-state index contributed by atoms with van der Waals surface area (Å²) in [5.41, 5.74) is 0. The van der Waals surface area contributed by atoms with Crippen LogP contribution in [-0.2, 0) is 13.4 Å². The van der Waals surface area contributed by atoms with Gasteiger partial charge >= 0.3 is 16.5 Å². The molecule has 63 valence electrons. The molecule has 3 N–H and O–H groups in total. The average molecular weight is 213 g/mol. The molecule has 0 saturated carbocycles. The monoisotopic (exact) mass is 213 g/mol.